The zero-order valence-corrected chi connectivity index (χ0v) is 28.2. The maximum Gasteiger partial charge on any atom is 0.0900 e. The van der Waals surface area contributed by atoms with Crippen LogP contribution in [0.4, 0.5) is 17.1 Å². The summed E-state index contributed by atoms with van der Waals surface area (Å²) in [4.78, 5) is 16.4. The van der Waals surface area contributed by atoms with Crippen LogP contribution >= 0.6 is 0 Å². The number of benzene rings is 3. The Balaban J connectivity index is 1.36. The van der Waals surface area contributed by atoms with Crippen molar-refractivity contribution >= 4 is 17.1 Å². The molecule has 0 saturated carbocycles. The average Bonchev–Trinajstić information content (AvgIpc) is 3.17. The molecular weight excluding hydrogens is 597 g/mol. The first-order chi connectivity index (χ1) is 24.2. The Labute approximate surface area is 291 Å². The van der Waals surface area contributed by atoms with Crippen LogP contribution in [-0.4, -0.2) is 15.0 Å². The molecule has 0 saturated heterocycles. The third kappa shape index (κ3) is 8.69. The highest BCUT2D eigenvalue weighted by Gasteiger charge is 2.14. The molecule has 0 unspecified atom stereocenters. The summed E-state index contributed by atoms with van der Waals surface area (Å²) < 4.78 is 0. The summed E-state index contributed by atoms with van der Waals surface area (Å²) in [5.41, 5.74) is 10.6. The third-order valence-corrected chi connectivity index (χ3v) is 8.17. The molecule has 3 heterocycles. The molecule has 0 fully saturated rings. The van der Waals surface area contributed by atoms with E-state index in [9.17, 15) is 0 Å². The van der Waals surface area contributed by atoms with E-state index in [1.54, 1.807) is 12.4 Å². The number of hydrogen-bond acceptors (Lipinski definition) is 4. The first-order valence-electron chi connectivity index (χ1n) is 17.1. The summed E-state index contributed by atoms with van der Waals surface area (Å²) in [6.45, 7) is 4.39. The fraction of sp³-hybridized carbons (Fsp3) is 0.178. The lowest BCUT2D eigenvalue weighted by molar-refractivity contribution is 0.828. The van der Waals surface area contributed by atoms with Gasteiger partial charge in [0.1, 0.15) is 0 Å². The predicted molar refractivity (Wildman–Crippen MR) is 204 cm³/mol. The van der Waals surface area contributed by atoms with E-state index in [-0.39, 0.29) is 0 Å². The largest absolute Gasteiger partial charge is 0.311 e. The van der Waals surface area contributed by atoms with Crippen molar-refractivity contribution in [2.75, 3.05) is 4.90 Å². The van der Waals surface area contributed by atoms with Crippen molar-refractivity contribution in [1.82, 2.24) is 15.0 Å². The Kier molecular flexibility index (Phi) is 11.3. The molecule has 0 N–H and O–H groups in total. The van der Waals surface area contributed by atoms with Gasteiger partial charge in [-0.1, -0.05) is 74.6 Å². The van der Waals surface area contributed by atoms with Gasteiger partial charge < -0.3 is 4.90 Å². The number of nitrogens with zero attached hydrogens (tertiary/aromatic N) is 4. The van der Waals surface area contributed by atoms with Gasteiger partial charge in [0.2, 0.25) is 0 Å². The molecule has 49 heavy (non-hydrogen) atoms. The zero-order valence-electron chi connectivity index (χ0n) is 28.2. The van der Waals surface area contributed by atoms with Gasteiger partial charge in [0, 0.05) is 53.4 Å². The third-order valence-electron chi connectivity index (χ3n) is 8.17. The summed E-state index contributed by atoms with van der Waals surface area (Å²) in [6, 6.07) is 41.7. The van der Waals surface area contributed by atoms with Crippen LogP contribution in [0.5, 0.6) is 0 Å². The molecule has 0 bridgehead atoms. The summed E-state index contributed by atoms with van der Waals surface area (Å²) in [5, 5.41) is 0. The van der Waals surface area contributed by atoms with Crippen LogP contribution in [0, 0.1) is 23.7 Å². The lowest BCUT2D eigenvalue weighted by Crippen LogP contribution is -2.09. The fourth-order valence-electron chi connectivity index (χ4n) is 5.49. The molecule has 0 amide bonds. The highest BCUT2D eigenvalue weighted by molar-refractivity contribution is 5.80. The van der Waals surface area contributed by atoms with Gasteiger partial charge in [-0.2, -0.15) is 0 Å². The van der Waals surface area contributed by atoms with Gasteiger partial charge in [-0.15, -0.1) is 0 Å². The Morgan fingerprint density at radius 3 is 1.35 bits per heavy atom. The molecule has 0 aliphatic heterocycles. The molecular formula is C45H40N4. The maximum absolute atomic E-state index is 4.94. The Hall–Kier alpha value is -5.97. The second-order valence-corrected chi connectivity index (χ2v) is 11.8. The van der Waals surface area contributed by atoms with Gasteiger partial charge in [-0.3, -0.25) is 9.97 Å². The van der Waals surface area contributed by atoms with Crippen LogP contribution in [0.2, 0.25) is 0 Å². The van der Waals surface area contributed by atoms with Crippen molar-refractivity contribution in [3.8, 4) is 57.6 Å². The van der Waals surface area contributed by atoms with Crippen molar-refractivity contribution in [2.45, 2.75) is 52.4 Å². The monoisotopic (exact) mass is 636 g/mol. The summed E-state index contributed by atoms with van der Waals surface area (Å²) in [5.74, 6) is 13.3. The molecule has 3 aromatic carbocycles. The van der Waals surface area contributed by atoms with E-state index < -0.39 is 0 Å². The number of hydrogen-bond donors (Lipinski definition) is 0. The molecule has 6 rings (SSSR count). The quantitative estimate of drug-likeness (QED) is 0.111. The van der Waals surface area contributed by atoms with Crippen molar-refractivity contribution in [3.63, 3.8) is 0 Å². The number of unbranched alkanes of at least 4 members (excludes halogenated alkanes) is 4. The van der Waals surface area contributed by atoms with Crippen LogP contribution in [0.3, 0.4) is 0 Å². The SMILES string of the molecule is CCCCC#Cc1ccc(N(c2ccc(C#CCCCC)cc2)c2ccc(-c3cc(-c4ccccn4)nc(-c4ccccn4)c3)cc2)cc1. The normalized spacial score (nSPS) is 10.4. The van der Waals surface area contributed by atoms with Crippen molar-refractivity contribution in [2.24, 2.45) is 0 Å². The lowest BCUT2D eigenvalue weighted by Gasteiger charge is -2.26. The minimum atomic E-state index is 0.806. The van der Waals surface area contributed by atoms with Gasteiger partial charge in [-0.05, 0) is 121 Å². The lowest BCUT2D eigenvalue weighted by atomic mass is 10.0. The van der Waals surface area contributed by atoms with Crippen molar-refractivity contribution in [1.29, 1.82) is 0 Å². The van der Waals surface area contributed by atoms with Crippen LogP contribution in [-0.2, 0) is 0 Å². The van der Waals surface area contributed by atoms with E-state index in [4.69, 9.17) is 4.98 Å². The second kappa shape index (κ2) is 16.7. The van der Waals surface area contributed by atoms with E-state index >= 15 is 0 Å². The topological polar surface area (TPSA) is 41.9 Å². The van der Waals surface area contributed by atoms with E-state index in [0.717, 1.165) is 101 Å². The van der Waals surface area contributed by atoms with Crippen LogP contribution in [0.1, 0.15) is 63.5 Å². The van der Waals surface area contributed by atoms with Crippen molar-refractivity contribution < 1.29 is 0 Å². The first kappa shape index (κ1) is 33.0. The summed E-state index contributed by atoms with van der Waals surface area (Å²) in [6.07, 6.45) is 10.0. The molecule has 3 aromatic heterocycles. The van der Waals surface area contributed by atoms with E-state index in [2.05, 4.69) is 137 Å². The number of pyridine rings is 3. The smallest absolute Gasteiger partial charge is 0.0900 e. The molecule has 0 spiro atoms. The zero-order chi connectivity index (χ0) is 33.7. The molecule has 0 aliphatic rings. The Morgan fingerprint density at radius 1 is 0.490 bits per heavy atom. The molecule has 0 radical (unpaired) electrons. The van der Waals surface area contributed by atoms with E-state index in [1.807, 2.05) is 36.4 Å². The average molecular weight is 637 g/mol. The first-order valence-corrected chi connectivity index (χ1v) is 17.1. The van der Waals surface area contributed by atoms with Gasteiger partial charge in [0.15, 0.2) is 0 Å². The van der Waals surface area contributed by atoms with Crippen LogP contribution < -0.4 is 4.90 Å². The molecule has 6 aromatic rings. The minimum Gasteiger partial charge on any atom is -0.311 e. The number of anilines is 3. The molecule has 4 heteroatoms. The van der Waals surface area contributed by atoms with E-state index in [1.165, 1.54) is 0 Å². The Morgan fingerprint density at radius 2 is 0.939 bits per heavy atom. The van der Waals surface area contributed by atoms with Crippen LogP contribution in [0.25, 0.3) is 33.9 Å². The van der Waals surface area contributed by atoms with Gasteiger partial charge in [0.05, 0.1) is 22.8 Å². The molecule has 0 atom stereocenters. The molecule has 0 aliphatic carbocycles. The van der Waals surface area contributed by atoms with E-state index in [0.29, 0.717) is 0 Å². The van der Waals surface area contributed by atoms with Gasteiger partial charge in [0.25, 0.3) is 0 Å². The fourth-order valence-corrected chi connectivity index (χ4v) is 5.49. The maximum atomic E-state index is 4.94. The molecule has 240 valence electrons. The standard InChI is InChI=1S/C45H40N4/c1-3-5-7-9-15-35-19-25-39(26-20-35)49(40-27-21-36(22-28-40)16-10-8-6-4-2)41-29-23-37(24-30-41)38-33-44(42-17-11-13-31-46-42)48-45(34-38)43-18-12-14-32-47-43/h11-14,17-34H,3-8H2,1-2H3. The van der Waals surface area contributed by atoms with Crippen LogP contribution in [0.15, 0.2) is 134 Å². The summed E-state index contributed by atoms with van der Waals surface area (Å²) in [7, 11) is 0. The van der Waals surface area contributed by atoms with Crippen molar-refractivity contribution in [3.05, 3.63) is 145 Å². The number of aromatic nitrogens is 3. The highest BCUT2D eigenvalue weighted by atomic mass is 15.1. The minimum absolute atomic E-state index is 0.806. The second-order valence-electron chi connectivity index (χ2n) is 11.8. The number of rotatable bonds is 10. The highest BCUT2D eigenvalue weighted by Crippen LogP contribution is 2.37. The summed E-state index contributed by atoms with van der Waals surface area (Å²) >= 11 is 0. The van der Waals surface area contributed by atoms with Gasteiger partial charge >= 0.3 is 0 Å². The Bertz CT molecular complexity index is 1940. The molecule has 4 nitrogen and oxygen atoms in total. The predicted octanol–water partition coefficient (Wildman–Crippen LogP) is 11.4. The van der Waals surface area contributed by atoms with Gasteiger partial charge in [-0.25, -0.2) is 4.98 Å².